The van der Waals surface area contributed by atoms with Gasteiger partial charge in [0.15, 0.2) is 5.82 Å². The second-order valence-corrected chi connectivity index (χ2v) is 4.02. The normalized spacial score (nSPS) is 13.4. The predicted molar refractivity (Wildman–Crippen MR) is 56.4 cm³/mol. The number of hydrogen-bond acceptors (Lipinski definition) is 2. The van der Waals surface area contributed by atoms with Crippen LogP contribution in [0.3, 0.4) is 0 Å². The summed E-state index contributed by atoms with van der Waals surface area (Å²) < 4.78 is 13.9. The number of aromatic amines is 1. The lowest BCUT2D eigenvalue weighted by Crippen LogP contribution is -2.06. The third kappa shape index (κ3) is 1.42. The smallest absolute Gasteiger partial charge is 0.165 e. The molecule has 74 valence electrons. The molecule has 0 fully saturated rings. The van der Waals surface area contributed by atoms with E-state index >= 15 is 0 Å². The van der Waals surface area contributed by atoms with Crippen molar-refractivity contribution in [2.24, 2.45) is 5.73 Å². The molecule has 3 N–H and O–H groups in total. The van der Waals surface area contributed by atoms with Crippen LogP contribution in [0.1, 0.15) is 18.8 Å². The lowest BCUT2D eigenvalue weighted by atomic mass is 10.3. The van der Waals surface area contributed by atoms with Gasteiger partial charge in [-0.15, -0.1) is 0 Å². The van der Waals surface area contributed by atoms with Crippen LogP contribution < -0.4 is 5.73 Å². The number of imidazole rings is 1. The van der Waals surface area contributed by atoms with E-state index in [1.807, 2.05) is 0 Å². The van der Waals surface area contributed by atoms with Gasteiger partial charge >= 0.3 is 0 Å². The van der Waals surface area contributed by atoms with Crippen molar-refractivity contribution in [3.63, 3.8) is 0 Å². The number of H-pyrrole nitrogens is 1. The molecule has 14 heavy (non-hydrogen) atoms. The van der Waals surface area contributed by atoms with Crippen LogP contribution in [-0.2, 0) is 0 Å². The molecule has 1 heterocycles. The molecule has 0 unspecified atom stereocenters. The minimum absolute atomic E-state index is 0.222. The summed E-state index contributed by atoms with van der Waals surface area (Å²) >= 11 is 3.10. The average Bonchev–Trinajstić information content (AvgIpc) is 2.56. The van der Waals surface area contributed by atoms with Gasteiger partial charge in [0, 0.05) is 0 Å². The summed E-state index contributed by atoms with van der Waals surface area (Å²) in [7, 11) is 0. The zero-order valence-corrected chi connectivity index (χ0v) is 9.10. The van der Waals surface area contributed by atoms with Crippen LogP contribution >= 0.6 is 15.9 Å². The highest BCUT2D eigenvalue weighted by atomic mass is 79.9. The summed E-state index contributed by atoms with van der Waals surface area (Å²) in [5.41, 5.74) is 6.63. The van der Waals surface area contributed by atoms with Crippen LogP contribution in [0, 0.1) is 5.82 Å². The lowest BCUT2D eigenvalue weighted by molar-refractivity contribution is 0.630. The van der Waals surface area contributed by atoms with E-state index in [4.69, 9.17) is 5.73 Å². The van der Waals surface area contributed by atoms with Crippen LogP contribution in [0.15, 0.2) is 16.6 Å². The zero-order valence-electron chi connectivity index (χ0n) is 7.51. The summed E-state index contributed by atoms with van der Waals surface area (Å²) in [5.74, 6) is 0.239. The molecule has 2 aromatic rings. The Labute approximate surface area is 88.6 Å². The van der Waals surface area contributed by atoms with Crippen molar-refractivity contribution in [1.82, 2.24) is 9.97 Å². The highest BCUT2D eigenvalue weighted by Crippen LogP contribution is 2.24. The van der Waals surface area contributed by atoms with Gasteiger partial charge in [-0.2, -0.15) is 0 Å². The Bertz CT molecular complexity index is 478. The number of nitrogens with two attached hydrogens (primary N) is 1. The number of rotatable bonds is 1. The van der Waals surface area contributed by atoms with Gasteiger partial charge in [0.2, 0.25) is 0 Å². The van der Waals surface area contributed by atoms with Gasteiger partial charge in [-0.1, -0.05) is 0 Å². The Balaban J connectivity index is 2.71. The highest BCUT2D eigenvalue weighted by molar-refractivity contribution is 9.10. The second kappa shape index (κ2) is 3.33. The van der Waals surface area contributed by atoms with Crippen molar-refractivity contribution in [3.8, 4) is 0 Å². The Morgan fingerprint density at radius 2 is 2.29 bits per heavy atom. The average molecular weight is 258 g/mol. The number of fused-ring (bicyclic) bond motifs is 1. The number of benzene rings is 1. The number of nitrogens with one attached hydrogen (secondary N) is 1. The topological polar surface area (TPSA) is 54.7 Å². The fourth-order valence-electron chi connectivity index (χ4n) is 1.25. The van der Waals surface area contributed by atoms with Crippen LogP contribution in [-0.4, -0.2) is 9.97 Å². The van der Waals surface area contributed by atoms with Crippen molar-refractivity contribution in [2.75, 3.05) is 0 Å². The van der Waals surface area contributed by atoms with E-state index in [0.29, 0.717) is 21.3 Å². The summed E-state index contributed by atoms with van der Waals surface area (Å²) in [6.07, 6.45) is 0. The van der Waals surface area contributed by atoms with Gasteiger partial charge in [-0.05, 0) is 35.0 Å². The Hall–Kier alpha value is -0.940. The van der Waals surface area contributed by atoms with E-state index in [9.17, 15) is 4.39 Å². The van der Waals surface area contributed by atoms with E-state index in [1.165, 1.54) is 0 Å². The van der Waals surface area contributed by atoms with Crippen LogP contribution in [0.25, 0.3) is 11.0 Å². The first-order valence-electron chi connectivity index (χ1n) is 4.19. The van der Waals surface area contributed by atoms with Crippen LogP contribution in [0.4, 0.5) is 4.39 Å². The first kappa shape index (κ1) is 9.61. The molecule has 0 aliphatic carbocycles. The minimum atomic E-state index is -0.356. The van der Waals surface area contributed by atoms with E-state index in [0.717, 1.165) is 0 Å². The second-order valence-electron chi connectivity index (χ2n) is 3.17. The summed E-state index contributed by atoms with van der Waals surface area (Å²) in [4.78, 5) is 7.05. The fourth-order valence-corrected chi connectivity index (χ4v) is 1.57. The Morgan fingerprint density at radius 3 is 2.93 bits per heavy atom. The maximum absolute atomic E-state index is 13.5. The molecule has 0 aliphatic rings. The van der Waals surface area contributed by atoms with Crippen molar-refractivity contribution in [2.45, 2.75) is 13.0 Å². The van der Waals surface area contributed by atoms with E-state index in [2.05, 4.69) is 25.9 Å². The van der Waals surface area contributed by atoms with Gasteiger partial charge in [0.1, 0.15) is 11.3 Å². The largest absolute Gasteiger partial charge is 0.341 e. The first-order valence-corrected chi connectivity index (χ1v) is 4.98. The number of aromatic nitrogens is 2. The van der Waals surface area contributed by atoms with E-state index in [-0.39, 0.29) is 11.9 Å². The van der Waals surface area contributed by atoms with Crippen molar-refractivity contribution in [3.05, 3.63) is 28.2 Å². The van der Waals surface area contributed by atoms with Gasteiger partial charge in [-0.3, -0.25) is 0 Å². The molecule has 0 saturated heterocycles. The quantitative estimate of drug-likeness (QED) is 0.825. The number of nitrogens with zero attached hydrogens (tertiary/aromatic N) is 1. The Kier molecular flexibility index (Phi) is 2.28. The monoisotopic (exact) mass is 257 g/mol. The van der Waals surface area contributed by atoms with Crippen molar-refractivity contribution < 1.29 is 4.39 Å². The van der Waals surface area contributed by atoms with Gasteiger partial charge in [-0.25, -0.2) is 9.37 Å². The SMILES string of the molecule is C[C@@H](N)c1nc2c(F)c(Br)ccc2[nH]1. The molecular weight excluding hydrogens is 249 g/mol. The minimum Gasteiger partial charge on any atom is -0.341 e. The van der Waals surface area contributed by atoms with Crippen LogP contribution in [0.5, 0.6) is 0 Å². The molecule has 0 bridgehead atoms. The molecule has 1 aromatic heterocycles. The van der Waals surface area contributed by atoms with E-state index in [1.54, 1.807) is 19.1 Å². The van der Waals surface area contributed by atoms with Gasteiger partial charge in [0.05, 0.1) is 16.0 Å². The molecule has 0 saturated carbocycles. The molecule has 0 aliphatic heterocycles. The molecule has 3 nitrogen and oxygen atoms in total. The summed E-state index contributed by atoms with van der Waals surface area (Å²) in [5, 5.41) is 0. The number of hydrogen-bond donors (Lipinski definition) is 2. The summed E-state index contributed by atoms with van der Waals surface area (Å²) in [6, 6.07) is 3.18. The predicted octanol–water partition coefficient (Wildman–Crippen LogP) is 2.48. The van der Waals surface area contributed by atoms with Crippen LogP contribution in [0.2, 0.25) is 0 Å². The third-order valence-electron chi connectivity index (χ3n) is 2.00. The highest BCUT2D eigenvalue weighted by Gasteiger charge is 2.11. The maximum atomic E-state index is 13.5. The fraction of sp³-hybridized carbons (Fsp3) is 0.222. The standard InChI is InChI=1S/C9H9BrFN3/c1-4(12)9-13-6-3-2-5(10)7(11)8(6)14-9/h2-4H,12H2,1H3,(H,13,14)/t4-/m1/s1. The molecule has 1 atom stereocenters. The molecule has 1 aromatic carbocycles. The summed E-state index contributed by atoms with van der Waals surface area (Å²) in [6.45, 7) is 1.80. The molecule has 2 rings (SSSR count). The molecule has 0 spiro atoms. The molecule has 0 radical (unpaired) electrons. The molecule has 0 amide bonds. The lowest BCUT2D eigenvalue weighted by Gasteiger charge is -1.96. The Morgan fingerprint density at radius 1 is 1.57 bits per heavy atom. The van der Waals surface area contributed by atoms with Gasteiger partial charge < -0.3 is 10.7 Å². The first-order chi connectivity index (χ1) is 6.59. The van der Waals surface area contributed by atoms with Gasteiger partial charge in [0.25, 0.3) is 0 Å². The zero-order chi connectivity index (χ0) is 10.3. The maximum Gasteiger partial charge on any atom is 0.165 e. The molecule has 5 heteroatoms. The molecular formula is C9H9BrFN3. The van der Waals surface area contributed by atoms with Crippen molar-refractivity contribution >= 4 is 27.0 Å². The van der Waals surface area contributed by atoms with E-state index < -0.39 is 0 Å². The van der Waals surface area contributed by atoms with Crippen molar-refractivity contribution in [1.29, 1.82) is 0 Å². The number of halogens is 2. The third-order valence-corrected chi connectivity index (χ3v) is 2.61.